The van der Waals surface area contributed by atoms with Crippen LogP contribution in [-0.4, -0.2) is 23.2 Å². The van der Waals surface area contributed by atoms with Crippen molar-refractivity contribution in [1.29, 1.82) is 0 Å². The molecular weight excluding hydrogens is 387 g/mol. The van der Waals surface area contributed by atoms with Crippen LogP contribution in [0.2, 0.25) is 0 Å². The van der Waals surface area contributed by atoms with Gasteiger partial charge in [0.05, 0.1) is 0 Å². The van der Waals surface area contributed by atoms with Crippen molar-refractivity contribution in [2.75, 3.05) is 4.90 Å². The van der Waals surface area contributed by atoms with Gasteiger partial charge in [-0.25, -0.2) is 9.18 Å². The number of aromatic hydroxyl groups is 1. The lowest BCUT2D eigenvalue weighted by atomic mass is 9.99. The number of halogens is 1. The summed E-state index contributed by atoms with van der Waals surface area (Å²) in [4.78, 5) is 26.9. The molecule has 7 heteroatoms. The number of cyclic esters (lactones) is 1. The van der Waals surface area contributed by atoms with Gasteiger partial charge in [0.2, 0.25) is 6.10 Å². The Kier molecular flexibility index (Phi) is 5.34. The number of phenolic OH excluding ortho intramolecular Hbond substituents is 1. The van der Waals surface area contributed by atoms with E-state index in [1.807, 2.05) is 30.3 Å². The zero-order chi connectivity index (χ0) is 21.1. The average Bonchev–Trinajstić information content (AvgIpc) is 3.11. The third-order valence-corrected chi connectivity index (χ3v) is 4.90. The molecule has 30 heavy (non-hydrogen) atoms. The lowest BCUT2D eigenvalue weighted by Crippen LogP contribution is -2.39. The molecule has 2 amide bonds. The predicted octanol–water partition coefficient (Wildman–Crippen LogP) is 3.91. The summed E-state index contributed by atoms with van der Waals surface area (Å²) >= 11 is 0. The van der Waals surface area contributed by atoms with E-state index in [0.717, 1.165) is 5.56 Å². The van der Waals surface area contributed by atoms with Gasteiger partial charge in [-0.3, -0.25) is 9.69 Å². The Balaban J connectivity index is 1.64. The highest BCUT2D eigenvalue weighted by Crippen LogP contribution is 2.38. The van der Waals surface area contributed by atoms with Gasteiger partial charge in [-0.05, 0) is 47.5 Å². The molecule has 0 saturated carbocycles. The Labute approximate surface area is 172 Å². The summed E-state index contributed by atoms with van der Waals surface area (Å²) in [7, 11) is 0. The zero-order valence-electron chi connectivity index (χ0n) is 15.9. The van der Waals surface area contributed by atoms with Gasteiger partial charge in [0.25, 0.3) is 5.91 Å². The van der Waals surface area contributed by atoms with Gasteiger partial charge in [-0.15, -0.1) is 0 Å². The number of amides is 2. The van der Waals surface area contributed by atoms with Gasteiger partial charge in [0.15, 0.2) is 0 Å². The molecule has 1 heterocycles. The smallest absolute Gasteiger partial charge is 0.415 e. The Morgan fingerprint density at radius 2 is 1.67 bits per heavy atom. The normalized spacial score (nSPS) is 18.2. The highest BCUT2D eigenvalue weighted by atomic mass is 19.1. The van der Waals surface area contributed by atoms with Gasteiger partial charge in [-0.2, -0.15) is 0 Å². The van der Waals surface area contributed by atoms with Crippen molar-refractivity contribution in [3.63, 3.8) is 0 Å². The summed E-state index contributed by atoms with van der Waals surface area (Å²) in [6, 6.07) is 20.2. The Hall–Kier alpha value is -3.87. The molecule has 6 nitrogen and oxygen atoms in total. The fourth-order valence-electron chi connectivity index (χ4n) is 3.42. The molecule has 1 fully saturated rings. The maximum atomic E-state index is 13.4. The summed E-state index contributed by atoms with van der Waals surface area (Å²) in [5.41, 5.74) is 1.91. The summed E-state index contributed by atoms with van der Waals surface area (Å²) in [6.07, 6.45) is -1.82. The third kappa shape index (κ3) is 3.96. The average molecular weight is 406 g/mol. The van der Waals surface area contributed by atoms with Gasteiger partial charge >= 0.3 is 6.09 Å². The van der Waals surface area contributed by atoms with E-state index in [4.69, 9.17) is 4.74 Å². The second kappa shape index (κ2) is 8.24. The largest absolute Gasteiger partial charge is 0.508 e. The molecule has 1 aliphatic rings. The third-order valence-electron chi connectivity index (χ3n) is 4.90. The number of rotatable bonds is 5. The molecule has 152 valence electrons. The number of phenols is 1. The Bertz CT molecular complexity index is 1040. The molecule has 3 aromatic carbocycles. The van der Waals surface area contributed by atoms with E-state index < -0.39 is 30.0 Å². The Morgan fingerprint density at radius 3 is 2.33 bits per heavy atom. The van der Waals surface area contributed by atoms with Crippen molar-refractivity contribution in [2.24, 2.45) is 0 Å². The number of nitrogens with zero attached hydrogens (tertiary/aromatic N) is 1. The van der Waals surface area contributed by atoms with Crippen LogP contribution >= 0.6 is 0 Å². The van der Waals surface area contributed by atoms with Crippen LogP contribution in [0.25, 0.3) is 0 Å². The topological polar surface area (TPSA) is 78.9 Å². The van der Waals surface area contributed by atoms with Crippen molar-refractivity contribution < 1.29 is 23.8 Å². The number of ether oxygens (including phenoxy) is 1. The van der Waals surface area contributed by atoms with E-state index in [1.54, 1.807) is 12.1 Å². The lowest BCUT2D eigenvalue weighted by molar-refractivity contribution is -0.129. The maximum absolute atomic E-state index is 13.4. The minimum absolute atomic E-state index is 0.0578. The molecule has 0 bridgehead atoms. The minimum atomic E-state index is -1.11. The van der Waals surface area contributed by atoms with Crippen LogP contribution in [0.5, 0.6) is 5.75 Å². The monoisotopic (exact) mass is 406 g/mol. The fourth-order valence-corrected chi connectivity index (χ4v) is 3.42. The molecule has 0 radical (unpaired) electrons. The van der Waals surface area contributed by atoms with Crippen LogP contribution in [0.1, 0.15) is 17.2 Å². The lowest BCUT2D eigenvalue weighted by Gasteiger charge is -2.24. The van der Waals surface area contributed by atoms with E-state index in [9.17, 15) is 19.1 Å². The van der Waals surface area contributed by atoms with Gasteiger partial charge in [0.1, 0.15) is 17.6 Å². The molecule has 1 aliphatic heterocycles. The molecule has 0 aromatic heterocycles. The summed E-state index contributed by atoms with van der Waals surface area (Å²) in [5, 5.41) is 12.4. The van der Waals surface area contributed by atoms with E-state index in [2.05, 4.69) is 5.32 Å². The number of hydrogen-bond donors (Lipinski definition) is 2. The van der Waals surface area contributed by atoms with Crippen LogP contribution < -0.4 is 10.2 Å². The number of hydrogen-bond acceptors (Lipinski definition) is 4. The van der Waals surface area contributed by atoms with Crippen molar-refractivity contribution in [3.05, 3.63) is 95.8 Å². The van der Waals surface area contributed by atoms with Crippen molar-refractivity contribution in [1.82, 2.24) is 5.32 Å². The van der Waals surface area contributed by atoms with E-state index >= 15 is 0 Å². The van der Waals surface area contributed by atoms with E-state index in [0.29, 0.717) is 11.3 Å². The number of benzene rings is 3. The molecule has 2 atom stereocenters. The molecule has 1 saturated heterocycles. The van der Waals surface area contributed by atoms with Crippen LogP contribution in [0.15, 0.2) is 78.9 Å². The zero-order valence-corrected chi connectivity index (χ0v) is 15.9. The highest BCUT2D eigenvalue weighted by molar-refractivity contribution is 5.97. The van der Waals surface area contributed by atoms with Gasteiger partial charge in [-0.1, -0.05) is 42.5 Å². The van der Waals surface area contributed by atoms with E-state index in [1.165, 1.54) is 41.3 Å². The standard InChI is InChI=1S/C23H19FN2O4/c24-17-8-10-18(11-9-17)26-20(16-6-12-19(27)13-7-16)21(30-23(26)29)22(28)25-14-15-4-2-1-3-5-15/h1-13,20-21,27H,14H2,(H,25,28)/t20?,21-/m0/s1. The van der Waals surface area contributed by atoms with Crippen LogP contribution in [0.4, 0.5) is 14.9 Å². The maximum Gasteiger partial charge on any atom is 0.415 e. The molecule has 4 rings (SSSR count). The van der Waals surface area contributed by atoms with Crippen molar-refractivity contribution in [3.8, 4) is 5.75 Å². The summed E-state index contributed by atoms with van der Waals surface area (Å²) in [5.74, 6) is -0.832. The molecule has 0 aliphatic carbocycles. The summed E-state index contributed by atoms with van der Waals surface area (Å²) in [6.45, 7) is 0.284. The SMILES string of the molecule is O=C(NCc1ccccc1)[C@H]1OC(=O)N(c2ccc(F)cc2)C1c1ccc(O)cc1. The number of carbonyl (C=O) groups excluding carboxylic acids is 2. The molecular formula is C23H19FN2O4. The van der Waals surface area contributed by atoms with Crippen LogP contribution in [0.3, 0.4) is 0 Å². The fraction of sp³-hybridized carbons (Fsp3) is 0.130. The number of carbonyl (C=O) groups is 2. The van der Waals surface area contributed by atoms with Crippen LogP contribution in [0, 0.1) is 5.82 Å². The first kappa shape index (κ1) is 19.4. The van der Waals surface area contributed by atoms with Gasteiger partial charge < -0.3 is 15.2 Å². The first-order valence-corrected chi connectivity index (χ1v) is 9.39. The molecule has 3 aromatic rings. The first-order valence-electron chi connectivity index (χ1n) is 9.39. The molecule has 2 N–H and O–H groups in total. The highest BCUT2D eigenvalue weighted by Gasteiger charge is 2.47. The van der Waals surface area contributed by atoms with E-state index in [-0.39, 0.29) is 12.3 Å². The number of nitrogens with one attached hydrogen (secondary N) is 1. The number of anilines is 1. The predicted molar refractivity (Wildman–Crippen MR) is 108 cm³/mol. The second-order valence-corrected chi connectivity index (χ2v) is 6.89. The second-order valence-electron chi connectivity index (χ2n) is 6.89. The van der Waals surface area contributed by atoms with Gasteiger partial charge in [0, 0.05) is 12.2 Å². The van der Waals surface area contributed by atoms with Crippen molar-refractivity contribution in [2.45, 2.75) is 18.7 Å². The Morgan fingerprint density at radius 1 is 1.00 bits per heavy atom. The summed E-state index contributed by atoms with van der Waals surface area (Å²) < 4.78 is 18.8. The molecule has 0 spiro atoms. The minimum Gasteiger partial charge on any atom is -0.508 e. The van der Waals surface area contributed by atoms with Crippen molar-refractivity contribution >= 4 is 17.7 Å². The molecule has 1 unspecified atom stereocenters. The quantitative estimate of drug-likeness (QED) is 0.673. The first-order chi connectivity index (χ1) is 14.5. The van der Waals surface area contributed by atoms with Crippen LogP contribution in [-0.2, 0) is 16.1 Å².